The maximum absolute atomic E-state index is 12.0. The predicted molar refractivity (Wildman–Crippen MR) is 112 cm³/mol. The number of carbonyl (C=O) groups excluding carboxylic acids is 2. The van der Waals surface area contributed by atoms with E-state index >= 15 is 0 Å². The zero-order valence-corrected chi connectivity index (χ0v) is 17.5. The van der Waals surface area contributed by atoms with Gasteiger partial charge in [0, 0.05) is 11.4 Å². The van der Waals surface area contributed by atoms with Gasteiger partial charge in [0.1, 0.15) is 11.5 Å². The molecule has 0 saturated carbocycles. The monoisotopic (exact) mass is 447 g/mol. The minimum atomic E-state index is -0.414. The number of aryl methyl sites for hydroxylation is 1. The van der Waals surface area contributed by atoms with E-state index in [9.17, 15) is 9.59 Å². The molecule has 0 radical (unpaired) electrons. The molecule has 0 aliphatic heterocycles. The number of nitrogens with one attached hydrogen (secondary N) is 2. The number of rotatable bonds is 8. The van der Waals surface area contributed by atoms with Gasteiger partial charge in [0.05, 0.1) is 18.0 Å². The molecule has 0 aliphatic carbocycles. The number of carbonyl (C=O) groups is 2. The molecule has 0 aromatic heterocycles. The Morgan fingerprint density at radius 2 is 1.82 bits per heavy atom. The van der Waals surface area contributed by atoms with Crippen LogP contribution in [-0.2, 0) is 9.59 Å². The molecule has 28 heavy (non-hydrogen) atoms. The van der Waals surface area contributed by atoms with Gasteiger partial charge in [-0.05, 0) is 71.7 Å². The summed E-state index contributed by atoms with van der Waals surface area (Å²) in [4.78, 5) is 23.9. The first-order chi connectivity index (χ1) is 13.4. The Bertz CT molecular complexity index is 866. The summed E-state index contributed by atoms with van der Waals surface area (Å²) in [6.07, 6.45) is 0.0523. The Morgan fingerprint density at radius 1 is 1.11 bits per heavy atom. The van der Waals surface area contributed by atoms with E-state index in [1.807, 2.05) is 19.1 Å². The first-order valence-electron chi connectivity index (χ1n) is 8.52. The topological polar surface area (TPSA) is 89.0 Å². The van der Waals surface area contributed by atoms with E-state index in [0.717, 1.165) is 10.0 Å². The third-order valence-electron chi connectivity index (χ3n) is 3.61. The van der Waals surface area contributed by atoms with Crippen LogP contribution >= 0.6 is 15.9 Å². The van der Waals surface area contributed by atoms with Crippen molar-refractivity contribution in [3.8, 4) is 11.5 Å². The summed E-state index contributed by atoms with van der Waals surface area (Å²) in [5.41, 5.74) is 4.58. The molecule has 2 rings (SSSR count). The standard InChI is InChI=1S/C20H22BrN3O4/c1-13-4-9-18(17(21)10-13)28-12-20(26)24-23-14(2)11-19(25)22-15-5-7-16(27-3)8-6-15/h4-10H,11-12H2,1-3H3,(H,22,25)(H,24,26)/b23-14-. The fourth-order valence-electron chi connectivity index (χ4n) is 2.21. The van der Waals surface area contributed by atoms with Gasteiger partial charge >= 0.3 is 0 Å². The molecule has 0 atom stereocenters. The fraction of sp³-hybridized carbons (Fsp3) is 0.250. The maximum atomic E-state index is 12.0. The molecule has 0 saturated heterocycles. The summed E-state index contributed by atoms with van der Waals surface area (Å²) >= 11 is 3.39. The van der Waals surface area contributed by atoms with E-state index in [2.05, 4.69) is 31.8 Å². The zero-order chi connectivity index (χ0) is 20.5. The molecule has 0 bridgehead atoms. The zero-order valence-electron chi connectivity index (χ0n) is 15.9. The quantitative estimate of drug-likeness (QED) is 0.477. The molecule has 0 unspecified atom stereocenters. The van der Waals surface area contributed by atoms with Gasteiger partial charge in [-0.15, -0.1) is 0 Å². The normalized spacial score (nSPS) is 10.9. The van der Waals surface area contributed by atoms with E-state index in [1.54, 1.807) is 44.4 Å². The number of anilines is 1. The second-order valence-electron chi connectivity index (χ2n) is 6.06. The van der Waals surface area contributed by atoms with Crippen LogP contribution in [0.3, 0.4) is 0 Å². The summed E-state index contributed by atoms with van der Waals surface area (Å²) in [5, 5.41) is 6.68. The lowest BCUT2D eigenvalue weighted by atomic mass is 10.2. The highest BCUT2D eigenvalue weighted by Gasteiger charge is 2.08. The highest BCUT2D eigenvalue weighted by Crippen LogP contribution is 2.25. The summed E-state index contributed by atoms with van der Waals surface area (Å²) in [7, 11) is 1.58. The first kappa shape index (κ1) is 21.4. The third-order valence-corrected chi connectivity index (χ3v) is 4.23. The van der Waals surface area contributed by atoms with Crippen LogP contribution in [0.4, 0.5) is 5.69 Å². The number of methoxy groups -OCH3 is 1. The molecule has 148 valence electrons. The molecule has 2 aromatic rings. The van der Waals surface area contributed by atoms with Gasteiger partial charge in [0.25, 0.3) is 5.91 Å². The van der Waals surface area contributed by atoms with Crippen molar-refractivity contribution in [1.29, 1.82) is 0 Å². The number of benzene rings is 2. The molecule has 0 fully saturated rings. The lowest BCUT2D eigenvalue weighted by molar-refractivity contribution is -0.123. The molecule has 8 heteroatoms. The van der Waals surface area contributed by atoms with E-state index < -0.39 is 5.91 Å². The van der Waals surface area contributed by atoms with Gasteiger partial charge in [-0.1, -0.05) is 6.07 Å². The summed E-state index contributed by atoms with van der Waals surface area (Å²) < 4.78 is 11.3. The van der Waals surface area contributed by atoms with E-state index in [4.69, 9.17) is 9.47 Å². The Labute approximate surface area is 172 Å². The highest BCUT2D eigenvalue weighted by atomic mass is 79.9. The summed E-state index contributed by atoms with van der Waals surface area (Å²) in [6, 6.07) is 12.6. The largest absolute Gasteiger partial charge is 0.497 e. The Balaban J connectivity index is 1.77. The van der Waals surface area contributed by atoms with Gasteiger partial charge in [-0.3, -0.25) is 9.59 Å². The molecule has 0 aliphatic rings. The van der Waals surface area contributed by atoms with Crippen molar-refractivity contribution >= 4 is 39.1 Å². The second kappa shape index (κ2) is 10.5. The molecule has 7 nitrogen and oxygen atoms in total. The van der Waals surface area contributed by atoms with Gasteiger partial charge in [-0.25, -0.2) is 5.43 Å². The van der Waals surface area contributed by atoms with Crippen LogP contribution in [0.5, 0.6) is 11.5 Å². The summed E-state index contributed by atoms with van der Waals surface area (Å²) in [5.74, 6) is 0.626. The number of hydrazone groups is 1. The van der Waals surface area contributed by atoms with Crippen molar-refractivity contribution in [2.45, 2.75) is 20.3 Å². The minimum absolute atomic E-state index is 0.0523. The van der Waals surface area contributed by atoms with Gasteiger partial charge in [-0.2, -0.15) is 5.10 Å². The molecular formula is C20H22BrN3O4. The van der Waals surface area contributed by atoms with Crippen molar-refractivity contribution in [3.05, 3.63) is 52.5 Å². The lowest BCUT2D eigenvalue weighted by Gasteiger charge is -2.08. The van der Waals surface area contributed by atoms with Crippen LogP contribution in [0.15, 0.2) is 52.0 Å². The van der Waals surface area contributed by atoms with Crippen LogP contribution in [0.1, 0.15) is 18.9 Å². The van der Waals surface area contributed by atoms with Gasteiger partial charge < -0.3 is 14.8 Å². The van der Waals surface area contributed by atoms with Crippen molar-refractivity contribution in [2.75, 3.05) is 19.0 Å². The predicted octanol–water partition coefficient (Wildman–Crippen LogP) is 3.67. The first-order valence-corrected chi connectivity index (χ1v) is 9.31. The van der Waals surface area contributed by atoms with Crippen LogP contribution < -0.4 is 20.2 Å². The SMILES string of the molecule is COc1ccc(NC(=O)C/C(C)=N\NC(=O)COc2ccc(C)cc2Br)cc1. The number of halogens is 1. The smallest absolute Gasteiger partial charge is 0.277 e. The molecular weight excluding hydrogens is 426 g/mol. The number of amides is 2. The Kier molecular flexibility index (Phi) is 8.01. The molecule has 2 N–H and O–H groups in total. The van der Waals surface area contributed by atoms with Crippen LogP contribution in [0.2, 0.25) is 0 Å². The van der Waals surface area contributed by atoms with Crippen molar-refractivity contribution in [2.24, 2.45) is 5.10 Å². The molecule has 0 spiro atoms. The van der Waals surface area contributed by atoms with E-state index in [-0.39, 0.29) is 18.9 Å². The molecule has 2 amide bonds. The van der Waals surface area contributed by atoms with Crippen LogP contribution in [0, 0.1) is 6.92 Å². The number of nitrogens with zero attached hydrogens (tertiary/aromatic N) is 1. The molecule has 2 aromatic carbocycles. The second-order valence-corrected chi connectivity index (χ2v) is 6.91. The number of ether oxygens (including phenoxy) is 2. The highest BCUT2D eigenvalue weighted by molar-refractivity contribution is 9.10. The van der Waals surface area contributed by atoms with Crippen molar-refractivity contribution in [1.82, 2.24) is 5.43 Å². The van der Waals surface area contributed by atoms with Crippen molar-refractivity contribution < 1.29 is 19.1 Å². The third kappa shape index (κ3) is 7.03. The summed E-state index contributed by atoms with van der Waals surface area (Å²) in [6.45, 7) is 3.44. The van der Waals surface area contributed by atoms with E-state index in [0.29, 0.717) is 22.9 Å². The fourth-order valence-corrected chi connectivity index (χ4v) is 2.82. The van der Waals surface area contributed by atoms with E-state index in [1.165, 1.54) is 0 Å². The minimum Gasteiger partial charge on any atom is -0.497 e. The Morgan fingerprint density at radius 3 is 2.46 bits per heavy atom. The van der Waals surface area contributed by atoms with Gasteiger partial charge in [0.2, 0.25) is 5.91 Å². The number of hydrogen-bond donors (Lipinski definition) is 2. The van der Waals surface area contributed by atoms with Crippen LogP contribution in [-0.4, -0.2) is 31.2 Å². The maximum Gasteiger partial charge on any atom is 0.277 e. The van der Waals surface area contributed by atoms with Crippen molar-refractivity contribution in [3.63, 3.8) is 0 Å². The molecule has 0 heterocycles. The number of hydrogen-bond acceptors (Lipinski definition) is 5. The average molecular weight is 448 g/mol. The van der Waals surface area contributed by atoms with Crippen LogP contribution in [0.25, 0.3) is 0 Å². The average Bonchev–Trinajstić information content (AvgIpc) is 2.66. The Hall–Kier alpha value is -2.87. The van der Waals surface area contributed by atoms with Gasteiger partial charge in [0.15, 0.2) is 6.61 Å². The lowest BCUT2D eigenvalue weighted by Crippen LogP contribution is -2.26.